The summed E-state index contributed by atoms with van der Waals surface area (Å²) in [6.45, 7) is 0.800. The van der Waals surface area contributed by atoms with Gasteiger partial charge in [0.05, 0.1) is 12.1 Å². The van der Waals surface area contributed by atoms with E-state index in [1.54, 1.807) is 0 Å². The topological polar surface area (TPSA) is 41.9 Å². The third kappa shape index (κ3) is 3.98. The fraction of sp³-hybridized carbons (Fsp3) is 0.429. The summed E-state index contributed by atoms with van der Waals surface area (Å²) in [6.07, 6.45) is -4.06. The number of hydrogen-bond acceptors (Lipinski definition) is 3. The number of rotatable bonds is 3. The van der Waals surface area contributed by atoms with Crippen LogP contribution in [0.1, 0.15) is 37.7 Å². The summed E-state index contributed by atoms with van der Waals surface area (Å²) >= 11 is 0. The van der Waals surface area contributed by atoms with Gasteiger partial charge < -0.3 is 9.74 Å². The summed E-state index contributed by atoms with van der Waals surface area (Å²) in [5.74, 6) is -0.444. The van der Waals surface area contributed by atoms with Crippen molar-refractivity contribution < 1.29 is 22.8 Å². The Morgan fingerprint density at radius 1 is 1.11 bits per heavy atom. The number of hydrogen-bond donors (Lipinski definition) is 0. The number of alkyl halides is 3. The van der Waals surface area contributed by atoms with Gasteiger partial charge in [0.15, 0.2) is 0 Å². The van der Waals surface area contributed by atoms with E-state index in [4.69, 9.17) is 4.84 Å². The van der Waals surface area contributed by atoms with Crippen LogP contribution in [0.4, 0.5) is 13.2 Å². The molecule has 2 heterocycles. The molecule has 7 heteroatoms. The summed E-state index contributed by atoms with van der Waals surface area (Å²) in [5.41, 5.74) is 1.43. The quantitative estimate of drug-likeness (QED) is 0.764. The fourth-order valence-electron chi connectivity index (χ4n) is 3.88. The zero-order valence-corrected chi connectivity index (χ0v) is 15.3. The molecule has 4 nitrogen and oxygen atoms in total. The highest BCUT2D eigenvalue weighted by Crippen LogP contribution is 2.37. The van der Waals surface area contributed by atoms with Crippen LogP contribution in [0.3, 0.4) is 0 Å². The number of fused-ring (bicyclic) bond motifs is 1. The van der Waals surface area contributed by atoms with Crippen LogP contribution in [-0.4, -0.2) is 41.4 Å². The van der Waals surface area contributed by atoms with Gasteiger partial charge in [-0.1, -0.05) is 41.6 Å². The minimum atomic E-state index is -4.30. The van der Waals surface area contributed by atoms with Crippen molar-refractivity contribution in [1.29, 1.82) is 0 Å². The molecular formula is C21H21F3N2O2. The third-order valence-electron chi connectivity index (χ3n) is 5.57. The van der Waals surface area contributed by atoms with E-state index in [1.807, 2.05) is 18.2 Å². The van der Waals surface area contributed by atoms with Gasteiger partial charge in [0.25, 0.3) is 0 Å². The number of benzene rings is 2. The maximum Gasteiger partial charge on any atom is 0.389 e. The van der Waals surface area contributed by atoms with Crippen molar-refractivity contribution >= 4 is 22.4 Å². The molecule has 0 unspecified atom stereocenters. The van der Waals surface area contributed by atoms with Gasteiger partial charge in [-0.2, -0.15) is 13.2 Å². The van der Waals surface area contributed by atoms with Gasteiger partial charge in [-0.15, -0.1) is 0 Å². The lowest BCUT2D eigenvalue weighted by molar-refractivity contribution is -0.152. The second kappa shape index (κ2) is 7.11. The Labute approximate surface area is 160 Å². The Morgan fingerprint density at radius 3 is 2.54 bits per heavy atom. The van der Waals surface area contributed by atoms with Crippen molar-refractivity contribution in [3.63, 3.8) is 0 Å². The monoisotopic (exact) mass is 390 g/mol. The Kier molecular flexibility index (Phi) is 4.77. The van der Waals surface area contributed by atoms with Crippen molar-refractivity contribution in [2.75, 3.05) is 13.1 Å². The molecular weight excluding hydrogens is 369 g/mol. The van der Waals surface area contributed by atoms with Crippen molar-refractivity contribution in [3.05, 3.63) is 48.0 Å². The van der Waals surface area contributed by atoms with Crippen molar-refractivity contribution in [2.45, 2.75) is 43.9 Å². The summed E-state index contributed by atoms with van der Waals surface area (Å²) in [5, 5.41) is 6.58. The summed E-state index contributed by atoms with van der Waals surface area (Å²) in [7, 11) is 0. The highest BCUT2D eigenvalue weighted by Gasteiger charge is 2.43. The van der Waals surface area contributed by atoms with Crippen molar-refractivity contribution in [3.8, 4) is 0 Å². The highest BCUT2D eigenvalue weighted by molar-refractivity contribution is 6.04. The number of oxime groups is 1. The van der Waals surface area contributed by atoms with Gasteiger partial charge in [-0.05, 0) is 16.8 Å². The van der Waals surface area contributed by atoms with Gasteiger partial charge in [0.2, 0.25) is 5.91 Å². The molecule has 2 aliphatic rings. The second-order valence-electron chi connectivity index (χ2n) is 7.55. The predicted octanol–water partition coefficient (Wildman–Crippen LogP) is 4.67. The van der Waals surface area contributed by atoms with Gasteiger partial charge in [0, 0.05) is 44.3 Å². The first-order valence-corrected chi connectivity index (χ1v) is 9.42. The number of carbonyl (C=O) groups excluding carboxylic acids is 1. The molecule has 1 fully saturated rings. The first-order valence-electron chi connectivity index (χ1n) is 9.42. The number of amides is 1. The molecule has 28 heavy (non-hydrogen) atoms. The van der Waals surface area contributed by atoms with E-state index in [-0.39, 0.29) is 0 Å². The van der Waals surface area contributed by atoms with E-state index < -0.39 is 30.5 Å². The minimum Gasteiger partial charge on any atom is -0.388 e. The smallest absolute Gasteiger partial charge is 0.388 e. The lowest BCUT2D eigenvalue weighted by atomic mass is 9.85. The summed E-state index contributed by atoms with van der Waals surface area (Å²) < 4.78 is 37.0. The van der Waals surface area contributed by atoms with E-state index in [0.29, 0.717) is 32.4 Å². The fourth-order valence-corrected chi connectivity index (χ4v) is 3.88. The number of nitrogens with zero attached hydrogens (tertiary/aromatic N) is 2. The highest BCUT2D eigenvalue weighted by atomic mass is 19.4. The molecule has 1 saturated heterocycles. The van der Waals surface area contributed by atoms with Gasteiger partial charge in [-0.25, -0.2) is 0 Å². The van der Waals surface area contributed by atoms with E-state index >= 15 is 0 Å². The van der Waals surface area contributed by atoms with E-state index in [0.717, 1.165) is 22.0 Å². The average Bonchev–Trinajstić information content (AvgIpc) is 3.09. The van der Waals surface area contributed by atoms with E-state index in [1.165, 1.54) is 4.90 Å². The molecule has 2 aromatic carbocycles. The molecule has 148 valence electrons. The third-order valence-corrected chi connectivity index (χ3v) is 5.57. The molecule has 0 N–H and O–H groups in total. The van der Waals surface area contributed by atoms with Gasteiger partial charge in [-0.3, -0.25) is 4.79 Å². The Bertz CT molecular complexity index is 915. The number of likely N-dealkylation sites (tertiary alicyclic amines) is 1. The Morgan fingerprint density at radius 2 is 1.82 bits per heavy atom. The summed E-state index contributed by atoms with van der Waals surface area (Å²) in [6, 6.07) is 14.3. The lowest BCUT2D eigenvalue weighted by Crippen LogP contribution is -2.47. The summed E-state index contributed by atoms with van der Waals surface area (Å²) in [4.78, 5) is 19.3. The average molecular weight is 390 g/mol. The standard InChI is InChI=1S/C21H21F3N2O2/c22-21(23,24)8-7-19(27)26-11-9-20(10-12-26)14-18(25-28-20)17-6-5-15-3-1-2-4-16(15)13-17/h1-6,13H,7-12,14H2. The zero-order valence-electron chi connectivity index (χ0n) is 15.3. The maximum absolute atomic E-state index is 12.3. The first-order chi connectivity index (χ1) is 13.3. The molecule has 2 aromatic rings. The van der Waals surface area contributed by atoms with Crippen LogP contribution in [0.2, 0.25) is 0 Å². The number of piperidine rings is 1. The molecule has 1 spiro atoms. The molecule has 0 aromatic heterocycles. The van der Waals surface area contributed by atoms with Crippen LogP contribution in [0.5, 0.6) is 0 Å². The molecule has 0 bridgehead atoms. The van der Waals surface area contributed by atoms with Gasteiger partial charge >= 0.3 is 6.18 Å². The van der Waals surface area contributed by atoms with Crippen LogP contribution >= 0.6 is 0 Å². The molecule has 0 aliphatic carbocycles. The van der Waals surface area contributed by atoms with Crippen LogP contribution in [0, 0.1) is 0 Å². The zero-order chi connectivity index (χ0) is 19.8. The lowest BCUT2D eigenvalue weighted by Gasteiger charge is -2.37. The second-order valence-corrected chi connectivity index (χ2v) is 7.55. The van der Waals surface area contributed by atoms with Crippen LogP contribution < -0.4 is 0 Å². The normalized spacial score (nSPS) is 19.0. The van der Waals surface area contributed by atoms with Crippen molar-refractivity contribution in [2.24, 2.45) is 5.16 Å². The molecule has 1 amide bonds. The van der Waals surface area contributed by atoms with Crippen LogP contribution in [0.25, 0.3) is 10.8 Å². The Balaban J connectivity index is 1.36. The predicted molar refractivity (Wildman–Crippen MR) is 100 cm³/mol. The number of halogens is 3. The van der Waals surface area contributed by atoms with Crippen LogP contribution in [0.15, 0.2) is 47.6 Å². The van der Waals surface area contributed by atoms with Gasteiger partial charge in [0.1, 0.15) is 5.60 Å². The first kappa shape index (κ1) is 18.8. The van der Waals surface area contributed by atoms with E-state index in [2.05, 4.69) is 29.4 Å². The minimum absolute atomic E-state index is 0.400. The molecule has 2 aliphatic heterocycles. The molecule has 4 rings (SSSR count). The molecule has 0 saturated carbocycles. The number of carbonyl (C=O) groups is 1. The molecule has 0 radical (unpaired) electrons. The van der Waals surface area contributed by atoms with Crippen molar-refractivity contribution in [1.82, 2.24) is 4.90 Å². The maximum atomic E-state index is 12.3. The SMILES string of the molecule is O=C(CCC(F)(F)F)N1CCC2(CC1)CC(c1ccc3ccccc3c1)=NO2. The molecule has 0 atom stereocenters. The largest absolute Gasteiger partial charge is 0.389 e. The Hall–Kier alpha value is -2.57. The van der Waals surface area contributed by atoms with Crippen LogP contribution in [-0.2, 0) is 9.63 Å². The van der Waals surface area contributed by atoms with E-state index in [9.17, 15) is 18.0 Å².